The third kappa shape index (κ3) is 2.39. The van der Waals surface area contributed by atoms with E-state index in [0.717, 1.165) is 16.5 Å². The van der Waals surface area contributed by atoms with Crippen molar-refractivity contribution < 1.29 is 14.3 Å². The zero-order valence-corrected chi connectivity index (χ0v) is 12.4. The molecule has 0 aliphatic heterocycles. The highest BCUT2D eigenvalue weighted by atomic mass is 35.5. The predicted molar refractivity (Wildman–Crippen MR) is 81.7 cm³/mol. The van der Waals surface area contributed by atoms with Crippen LogP contribution >= 0.6 is 22.9 Å². The number of pyridine rings is 1. The first-order chi connectivity index (χ1) is 9.97. The van der Waals surface area contributed by atoms with E-state index in [1.807, 2.05) is 18.4 Å². The quantitative estimate of drug-likeness (QED) is 0.740. The van der Waals surface area contributed by atoms with Crippen LogP contribution in [0.4, 0.5) is 4.39 Å². The number of aryl methyl sites for hydroxylation is 1. The fourth-order valence-corrected chi connectivity index (χ4v) is 3.20. The molecule has 21 heavy (non-hydrogen) atoms. The lowest BCUT2D eigenvalue weighted by molar-refractivity contribution is 0.0699. The van der Waals surface area contributed by atoms with Gasteiger partial charge in [-0.2, -0.15) is 0 Å². The standard InChI is InChI=1S/C15H9ClFNO2S/c1-7-2-3-21-14(7)13-5-9(15(19)20)8-4-10(16)11(17)6-12(8)18-13/h2-6H,1H3,(H,19,20). The number of aromatic nitrogens is 1. The molecule has 0 unspecified atom stereocenters. The molecule has 3 rings (SSSR count). The minimum Gasteiger partial charge on any atom is -0.478 e. The summed E-state index contributed by atoms with van der Waals surface area (Å²) in [4.78, 5) is 16.7. The zero-order chi connectivity index (χ0) is 15.1. The van der Waals surface area contributed by atoms with Gasteiger partial charge in [-0.05, 0) is 36.1 Å². The summed E-state index contributed by atoms with van der Waals surface area (Å²) in [6.07, 6.45) is 0. The fraction of sp³-hybridized carbons (Fsp3) is 0.0667. The van der Waals surface area contributed by atoms with Gasteiger partial charge in [0.15, 0.2) is 0 Å². The molecule has 1 N–H and O–H groups in total. The van der Waals surface area contributed by atoms with E-state index in [1.54, 1.807) is 0 Å². The molecule has 0 bridgehead atoms. The number of halogens is 2. The molecule has 6 heteroatoms. The molecule has 0 aliphatic carbocycles. The van der Waals surface area contributed by atoms with E-state index in [9.17, 15) is 14.3 Å². The van der Waals surface area contributed by atoms with E-state index >= 15 is 0 Å². The van der Waals surface area contributed by atoms with Gasteiger partial charge < -0.3 is 5.11 Å². The highest BCUT2D eigenvalue weighted by Gasteiger charge is 2.16. The predicted octanol–water partition coefficient (Wildman–Crippen LogP) is 4.76. The average Bonchev–Trinajstić information content (AvgIpc) is 2.85. The Morgan fingerprint density at radius 3 is 2.76 bits per heavy atom. The monoisotopic (exact) mass is 321 g/mol. The highest BCUT2D eigenvalue weighted by molar-refractivity contribution is 7.13. The molecule has 0 amide bonds. The van der Waals surface area contributed by atoms with Crippen molar-refractivity contribution in [1.82, 2.24) is 4.98 Å². The number of thiophene rings is 1. The molecule has 3 nitrogen and oxygen atoms in total. The molecule has 2 aromatic heterocycles. The number of aromatic carboxylic acids is 1. The maximum Gasteiger partial charge on any atom is 0.336 e. The normalized spacial score (nSPS) is 11.0. The largest absolute Gasteiger partial charge is 0.478 e. The lowest BCUT2D eigenvalue weighted by Gasteiger charge is -2.07. The maximum absolute atomic E-state index is 13.6. The SMILES string of the molecule is Cc1ccsc1-c1cc(C(=O)O)c2cc(Cl)c(F)cc2n1. The second-order valence-corrected chi connectivity index (χ2v) is 5.90. The zero-order valence-electron chi connectivity index (χ0n) is 10.9. The Balaban J connectivity index is 2.37. The van der Waals surface area contributed by atoms with Gasteiger partial charge in [0.2, 0.25) is 0 Å². The molecule has 0 saturated heterocycles. The van der Waals surface area contributed by atoms with Crippen LogP contribution in [0.15, 0.2) is 29.6 Å². The Hall–Kier alpha value is -1.98. The number of fused-ring (bicyclic) bond motifs is 1. The minimum atomic E-state index is -1.10. The topological polar surface area (TPSA) is 50.2 Å². The fourth-order valence-electron chi connectivity index (χ4n) is 2.15. The van der Waals surface area contributed by atoms with Gasteiger partial charge in [0.25, 0.3) is 0 Å². The summed E-state index contributed by atoms with van der Waals surface area (Å²) in [5, 5.41) is 11.5. The molecule has 0 radical (unpaired) electrons. The maximum atomic E-state index is 13.6. The van der Waals surface area contributed by atoms with Gasteiger partial charge in [-0.15, -0.1) is 11.3 Å². The van der Waals surface area contributed by atoms with Crippen LogP contribution in [0, 0.1) is 12.7 Å². The van der Waals surface area contributed by atoms with Crippen molar-refractivity contribution in [2.75, 3.05) is 0 Å². The molecule has 0 atom stereocenters. The van der Waals surface area contributed by atoms with Crippen LogP contribution in [0.5, 0.6) is 0 Å². The van der Waals surface area contributed by atoms with Gasteiger partial charge in [-0.3, -0.25) is 0 Å². The second-order valence-electron chi connectivity index (χ2n) is 4.58. The molecule has 0 saturated carbocycles. The summed E-state index contributed by atoms with van der Waals surface area (Å²) < 4.78 is 13.6. The van der Waals surface area contributed by atoms with Crippen LogP contribution in [0.1, 0.15) is 15.9 Å². The van der Waals surface area contributed by atoms with E-state index in [1.165, 1.54) is 23.5 Å². The van der Waals surface area contributed by atoms with Crippen molar-refractivity contribution in [3.05, 3.63) is 51.6 Å². The van der Waals surface area contributed by atoms with E-state index in [0.29, 0.717) is 11.1 Å². The van der Waals surface area contributed by atoms with E-state index < -0.39 is 11.8 Å². The summed E-state index contributed by atoms with van der Waals surface area (Å²) in [7, 11) is 0. The number of carboxylic acids is 1. The summed E-state index contributed by atoms with van der Waals surface area (Å²) in [6, 6.07) is 5.89. The van der Waals surface area contributed by atoms with Gasteiger partial charge in [0.1, 0.15) is 5.82 Å². The van der Waals surface area contributed by atoms with Gasteiger partial charge in [0, 0.05) is 11.5 Å². The molecular formula is C15H9ClFNO2S. The number of rotatable bonds is 2. The number of carboxylic acid groups (broad SMARTS) is 1. The lowest BCUT2D eigenvalue weighted by Crippen LogP contribution is -2.00. The Morgan fingerprint density at radius 1 is 1.38 bits per heavy atom. The Bertz CT molecular complexity index is 875. The molecule has 106 valence electrons. The van der Waals surface area contributed by atoms with Gasteiger partial charge >= 0.3 is 5.97 Å². The number of benzene rings is 1. The van der Waals surface area contributed by atoms with Gasteiger partial charge in [-0.1, -0.05) is 11.6 Å². The smallest absolute Gasteiger partial charge is 0.336 e. The van der Waals surface area contributed by atoms with Crippen molar-refractivity contribution >= 4 is 39.8 Å². The Kier molecular flexibility index (Phi) is 3.39. The first-order valence-corrected chi connectivity index (χ1v) is 7.30. The van der Waals surface area contributed by atoms with Crippen LogP contribution in [-0.4, -0.2) is 16.1 Å². The summed E-state index contributed by atoms with van der Waals surface area (Å²) in [5.41, 5.74) is 1.86. The number of hydrogen-bond acceptors (Lipinski definition) is 3. The Morgan fingerprint density at radius 2 is 2.14 bits per heavy atom. The summed E-state index contributed by atoms with van der Waals surface area (Å²) in [6.45, 7) is 1.92. The molecule has 0 aliphatic rings. The third-order valence-electron chi connectivity index (χ3n) is 3.18. The minimum absolute atomic E-state index is 0.0599. The third-order valence-corrected chi connectivity index (χ3v) is 4.50. The van der Waals surface area contributed by atoms with Crippen LogP contribution in [0.25, 0.3) is 21.5 Å². The lowest BCUT2D eigenvalue weighted by atomic mass is 10.1. The van der Waals surface area contributed by atoms with E-state index in [4.69, 9.17) is 11.6 Å². The van der Waals surface area contributed by atoms with Crippen LogP contribution in [0.3, 0.4) is 0 Å². The summed E-state index contributed by atoms with van der Waals surface area (Å²) >= 11 is 7.20. The molecule has 2 heterocycles. The molecular weight excluding hydrogens is 313 g/mol. The van der Waals surface area contributed by atoms with Crippen LogP contribution < -0.4 is 0 Å². The van der Waals surface area contributed by atoms with Crippen molar-refractivity contribution in [2.45, 2.75) is 6.92 Å². The van der Waals surface area contributed by atoms with Crippen molar-refractivity contribution in [1.29, 1.82) is 0 Å². The first kappa shape index (κ1) is 14.0. The molecule has 3 aromatic rings. The van der Waals surface area contributed by atoms with E-state index in [2.05, 4.69) is 4.98 Å². The van der Waals surface area contributed by atoms with Crippen LogP contribution in [-0.2, 0) is 0 Å². The van der Waals surface area contributed by atoms with Crippen molar-refractivity contribution in [3.63, 3.8) is 0 Å². The highest BCUT2D eigenvalue weighted by Crippen LogP contribution is 2.32. The summed E-state index contributed by atoms with van der Waals surface area (Å²) in [5.74, 6) is -1.71. The van der Waals surface area contributed by atoms with Crippen LogP contribution in [0.2, 0.25) is 5.02 Å². The number of carbonyl (C=O) groups is 1. The number of nitrogens with zero attached hydrogens (tertiary/aromatic N) is 1. The molecule has 0 spiro atoms. The number of hydrogen-bond donors (Lipinski definition) is 1. The first-order valence-electron chi connectivity index (χ1n) is 6.05. The molecule has 1 aromatic carbocycles. The van der Waals surface area contributed by atoms with Gasteiger partial charge in [0.05, 0.1) is 26.7 Å². The van der Waals surface area contributed by atoms with E-state index in [-0.39, 0.29) is 16.1 Å². The molecule has 0 fully saturated rings. The van der Waals surface area contributed by atoms with Gasteiger partial charge in [-0.25, -0.2) is 14.2 Å². The van der Waals surface area contributed by atoms with Crippen molar-refractivity contribution in [2.24, 2.45) is 0 Å². The van der Waals surface area contributed by atoms with Crippen molar-refractivity contribution in [3.8, 4) is 10.6 Å². The average molecular weight is 322 g/mol. The Labute approximate surface area is 128 Å². The second kappa shape index (κ2) is 5.09.